The molecular formula is C9H16N2O2. The summed E-state index contributed by atoms with van der Waals surface area (Å²) >= 11 is 0. The van der Waals surface area contributed by atoms with Crippen molar-refractivity contribution in [2.45, 2.75) is 18.9 Å². The Kier molecular flexibility index (Phi) is 2.51. The lowest BCUT2D eigenvalue weighted by atomic mass is 10.0. The summed E-state index contributed by atoms with van der Waals surface area (Å²) in [6.07, 6.45) is 1.49. The van der Waals surface area contributed by atoms with Crippen LogP contribution in [0.2, 0.25) is 0 Å². The van der Waals surface area contributed by atoms with E-state index in [1.807, 2.05) is 0 Å². The minimum Gasteiger partial charge on any atom is -0.389 e. The zero-order valence-electron chi connectivity index (χ0n) is 7.70. The molecule has 1 atom stereocenters. The van der Waals surface area contributed by atoms with Crippen LogP contribution in [-0.4, -0.2) is 48.2 Å². The van der Waals surface area contributed by atoms with Gasteiger partial charge in [-0.2, -0.15) is 0 Å². The first-order valence-corrected chi connectivity index (χ1v) is 4.92. The number of likely N-dealkylation sites (tertiary alicyclic amines) is 1. The van der Waals surface area contributed by atoms with Gasteiger partial charge in [-0.1, -0.05) is 0 Å². The van der Waals surface area contributed by atoms with E-state index in [1.165, 1.54) is 0 Å². The number of hydrogen-bond acceptors (Lipinski definition) is 3. The minimum atomic E-state index is -0.273. The Morgan fingerprint density at radius 3 is 2.85 bits per heavy atom. The topological polar surface area (TPSA) is 52.6 Å². The number of nitrogens with zero attached hydrogens (tertiary/aromatic N) is 1. The van der Waals surface area contributed by atoms with Crippen molar-refractivity contribution in [3.63, 3.8) is 0 Å². The molecular weight excluding hydrogens is 168 g/mol. The van der Waals surface area contributed by atoms with Gasteiger partial charge >= 0.3 is 0 Å². The molecule has 2 fully saturated rings. The summed E-state index contributed by atoms with van der Waals surface area (Å²) in [7, 11) is 0. The third-order valence-corrected chi connectivity index (χ3v) is 2.84. The van der Waals surface area contributed by atoms with Crippen LogP contribution >= 0.6 is 0 Å². The van der Waals surface area contributed by atoms with E-state index in [1.54, 1.807) is 4.90 Å². The number of hydrogen-bond donors (Lipinski definition) is 2. The van der Waals surface area contributed by atoms with E-state index in [9.17, 15) is 4.79 Å². The molecule has 2 saturated heterocycles. The summed E-state index contributed by atoms with van der Waals surface area (Å²) < 4.78 is 0. The van der Waals surface area contributed by atoms with Gasteiger partial charge in [0.05, 0.1) is 6.10 Å². The van der Waals surface area contributed by atoms with Gasteiger partial charge in [-0.15, -0.1) is 0 Å². The fourth-order valence-corrected chi connectivity index (χ4v) is 1.92. The molecule has 2 aliphatic heterocycles. The van der Waals surface area contributed by atoms with Crippen molar-refractivity contribution < 1.29 is 9.90 Å². The summed E-state index contributed by atoms with van der Waals surface area (Å²) in [4.78, 5) is 13.3. The van der Waals surface area contributed by atoms with Gasteiger partial charge in [0, 0.05) is 19.5 Å². The van der Waals surface area contributed by atoms with Crippen LogP contribution in [0.4, 0.5) is 0 Å². The normalized spacial score (nSPS) is 29.0. The first kappa shape index (κ1) is 8.97. The largest absolute Gasteiger partial charge is 0.389 e. The van der Waals surface area contributed by atoms with Crippen LogP contribution in [0.1, 0.15) is 12.8 Å². The molecule has 1 amide bonds. The van der Waals surface area contributed by atoms with Crippen LogP contribution in [0, 0.1) is 5.92 Å². The predicted molar refractivity (Wildman–Crippen MR) is 48.2 cm³/mol. The lowest BCUT2D eigenvalue weighted by Gasteiger charge is -2.36. The molecule has 0 saturated carbocycles. The highest BCUT2D eigenvalue weighted by atomic mass is 16.3. The van der Waals surface area contributed by atoms with Crippen molar-refractivity contribution in [2.24, 2.45) is 5.92 Å². The lowest BCUT2D eigenvalue weighted by molar-refractivity contribution is -0.142. The van der Waals surface area contributed by atoms with Crippen molar-refractivity contribution in [3.05, 3.63) is 0 Å². The number of amides is 1. The third-order valence-electron chi connectivity index (χ3n) is 2.84. The Morgan fingerprint density at radius 1 is 1.54 bits per heavy atom. The Balaban J connectivity index is 1.72. The van der Waals surface area contributed by atoms with E-state index >= 15 is 0 Å². The van der Waals surface area contributed by atoms with Crippen LogP contribution in [0.15, 0.2) is 0 Å². The molecule has 74 valence electrons. The molecule has 0 aromatic heterocycles. The highest BCUT2D eigenvalue weighted by Gasteiger charge is 2.30. The molecule has 0 aromatic carbocycles. The molecule has 2 aliphatic rings. The number of aliphatic hydroxyl groups excluding tert-OH is 1. The quantitative estimate of drug-likeness (QED) is 0.590. The van der Waals surface area contributed by atoms with Gasteiger partial charge in [0.15, 0.2) is 0 Å². The fraction of sp³-hybridized carbons (Fsp3) is 0.889. The average Bonchev–Trinajstić information content (AvgIpc) is 2.51. The molecule has 0 aromatic rings. The maximum Gasteiger partial charge on any atom is 0.223 e. The number of β-amino-alcohol motifs (C(OH)–C–C–N with tert-alkyl or cyclic N) is 1. The lowest BCUT2D eigenvalue weighted by Crippen LogP contribution is -2.53. The Labute approximate surface area is 77.9 Å². The molecule has 2 N–H and O–H groups in total. The monoisotopic (exact) mass is 184 g/mol. The van der Waals surface area contributed by atoms with E-state index < -0.39 is 0 Å². The van der Waals surface area contributed by atoms with Gasteiger partial charge < -0.3 is 15.3 Å². The number of carbonyl (C=O) groups excluding carboxylic acids is 1. The zero-order valence-corrected chi connectivity index (χ0v) is 7.70. The van der Waals surface area contributed by atoms with E-state index in [2.05, 4.69) is 5.32 Å². The van der Waals surface area contributed by atoms with E-state index in [4.69, 9.17) is 5.11 Å². The second-order valence-electron chi connectivity index (χ2n) is 4.02. The maximum atomic E-state index is 11.5. The smallest absolute Gasteiger partial charge is 0.223 e. The van der Waals surface area contributed by atoms with Gasteiger partial charge in [-0.05, 0) is 25.4 Å². The van der Waals surface area contributed by atoms with Crippen molar-refractivity contribution in [3.8, 4) is 0 Å². The van der Waals surface area contributed by atoms with Gasteiger partial charge in [0.2, 0.25) is 5.91 Å². The Morgan fingerprint density at radius 2 is 2.31 bits per heavy atom. The molecule has 1 unspecified atom stereocenters. The Hall–Kier alpha value is -0.610. The molecule has 4 heteroatoms. The third kappa shape index (κ3) is 2.00. The molecule has 0 bridgehead atoms. The van der Waals surface area contributed by atoms with Crippen molar-refractivity contribution in [2.75, 3.05) is 26.2 Å². The average molecular weight is 184 g/mol. The van der Waals surface area contributed by atoms with Crippen LogP contribution in [0.25, 0.3) is 0 Å². The van der Waals surface area contributed by atoms with Crippen molar-refractivity contribution >= 4 is 5.91 Å². The van der Waals surface area contributed by atoms with Crippen LogP contribution in [-0.2, 0) is 4.79 Å². The predicted octanol–water partition coefficient (Wildman–Crippen LogP) is -0.811. The van der Waals surface area contributed by atoms with Gasteiger partial charge in [0.25, 0.3) is 0 Å². The summed E-state index contributed by atoms with van der Waals surface area (Å²) in [6.45, 7) is 3.10. The zero-order chi connectivity index (χ0) is 9.26. The second-order valence-corrected chi connectivity index (χ2v) is 4.02. The Bertz CT molecular complexity index is 196. The number of nitrogens with one attached hydrogen (secondary N) is 1. The highest BCUT2D eigenvalue weighted by molar-refractivity contribution is 5.77. The fourth-order valence-electron chi connectivity index (χ4n) is 1.92. The second kappa shape index (κ2) is 3.64. The number of carbonyl (C=O) groups is 1. The highest BCUT2D eigenvalue weighted by Crippen LogP contribution is 2.16. The maximum absolute atomic E-state index is 11.5. The van der Waals surface area contributed by atoms with Gasteiger partial charge in [-0.3, -0.25) is 4.79 Å². The molecule has 2 heterocycles. The van der Waals surface area contributed by atoms with Crippen LogP contribution in [0.3, 0.4) is 0 Å². The van der Waals surface area contributed by atoms with Crippen molar-refractivity contribution in [1.29, 1.82) is 0 Å². The van der Waals surface area contributed by atoms with E-state index in [-0.39, 0.29) is 12.0 Å². The SMILES string of the molecule is O=C(CC1CCNC1)N1CC(O)C1. The van der Waals surface area contributed by atoms with Gasteiger partial charge in [0.1, 0.15) is 0 Å². The van der Waals surface area contributed by atoms with E-state index in [0.29, 0.717) is 25.4 Å². The molecule has 13 heavy (non-hydrogen) atoms. The molecule has 4 nitrogen and oxygen atoms in total. The first-order valence-electron chi connectivity index (χ1n) is 4.92. The summed E-state index contributed by atoms with van der Waals surface area (Å²) in [5.41, 5.74) is 0. The molecule has 0 radical (unpaired) electrons. The molecule has 2 rings (SSSR count). The van der Waals surface area contributed by atoms with Gasteiger partial charge in [-0.25, -0.2) is 0 Å². The van der Waals surface area contributed by atoms with Crippen LogP contribution in [0.5, 0.6) is 0 Å². The first-order chi connectivity index (χ1) is 6.25. The standard InChI is InChI=1S/C9H16N2O2/c12-8-5-11(6-8)9(13)3-7-1-2-10-4-7/h7-8,10,12H,1-6H2. The summed E-state index contributed by atoms with van der Waals surface area (Å²) in [6, 6.07) is 0. The minimum absolute atomic E-state index is 0.207. The number of rotatable bonds is 2. The summed E-state index contributed by atoms with van der Waals surface area (Å²) in [5.74, 6) is 0.726. The molecule has 0 aliphatic carbocycles. The van der Waals surface area contributed by atoms with Crippen molar-refractivity contribution in [1.82, 2.24) is 10.2 Å². The summed E-state index contributed by atoms with van der Waals surface area (Å²) in [5, 5.41) is 12.3. The molecule has 0 spiro atoms. The van der Waals surface area contributed by atoms with Crippen LogP contribution < -0.4 is 5.32 Å². The van der Waals surface area contributed by atoms with E-state index in [0.717, 1.165) is 19.5 Å². The number of aliphatic hydroxyl groups is 1.